The summed E-state index contributed by atoms with van der Waals surface area (Å²) in [5, 5.41) is 14.0. The van der Waals surface area contributed by atoms with Crippen molar-refractivity contribution in [2.45, 2.75) is 12.8 Å². The highest BCUT2D eigenvalue weighted by atomic mass is 79.9. The number of phenols is 1. The van der Waals surface area contributed by atoms with E-state index in [2.05, 4.69) is 10.2 Å². The Balaban J connectivity index is 0.00000112. The van der Waals surface area contributed by atoms with Gasteiger partial charge < -0.3 is 10.0 Å². The van der Waals surface area contributed by atoms with Crippen molar-refractivity contribution >= 4 is 28.4 Å². The lowest BCUT2D eigenvalue weighted by molar-refractivity contribution is 0.469. The van der Waals surface area contributed by atoms with Gasteiger partial charge >= 0.3 is 0 Å². The van der Waals surface area contributed by atoms with Gasteiger partial charge in [0.1, 0.15) is 11.4 Å². The summed E-state index contributed by atoms with van der Waals surface area (Å²) >= 11 is 0. The first-order valence-electron chi connectivity index (χ1n) is 4.90. The van der Waals surface area contributed by atoms with E-state index in [-0.39, 0.29) is 17.0 Å². The molecule has 0 amide bonds. The van der Waals surface area contributed by atoms with Crippen molar-refractivity contribution in [2.24, 2.45) is 0 Å². The van der Waals surface area contributed by atoms with Crippen molar-refractivity contribution < 1.29 is 5.11 Å². The van der Waals surface area contributed by atoms with E-state index in [4.69, 9.17) is 0 Å². The highest BCUT2D eigenvalue weighted by Crippen LogP contribution is 2.37. The summed E-state index contributed by atoms with van der Waals surface area (Å²) in [7, 11) is 4.03. The van der Waals surface area contributed by atoms with Crippen LogP contribution in [0.15, 0.2) is 12.1 Å². The Kier molecular flexibility index (Phi) is 3.85. The molecule has 1 aromatic carbocycles. The smallest absolute Gasteiger partial charge is 0.141 e. The van der Waals surface area contributed by atoms with Crippen LogP contribution in [0.25, 0.3) is 0 Å². The van der Waals surface area contributed by atoms with Crippen molar-refractivity contribution in [1.29, 1.82) is 0 Å². The Labute approximate surface area is 101 Å². The largest absolute Gasteiger partial charge is 0.506 e. The molecule has 0 aromatic heterocycles. The molecule has 0 aliphatic carbocycles. The minimum atomic E-state index is 0. The second-order valence-electron chi connectivity index (χ2n) is 3.81. The molecule has 1 heterocycles. The number of halogens is 1. The highest BCUT2D eigenvalue weighted by Gasteiger charge is 2.18. The number of phenolic OH excluding ortho intramolecular Hbond substituents is 1. The van der Waals surface area contributed by atoms with Gasteiger partial charge in [0.25, 0.3) is 0 Å². The molecule has 0 unspecified atom stereocenters. The van der Waals surface area contributed by atoms with Gasteiger partial charge in [-0.05, 0) is 25.0 Å². The third-order valence-electron chi connectivity index (χ3n) is 2.57. The van der Waals surface area contributed by atoms with E-state index in [1.807, 2.05) is 20.2 Å². The number of anilines is 1. The lowest BCUT2D eigenvalue weighted by Gasteiger charge is -2.24. The van der Waals surface area contributed by atoms with Crippen molar-refractivity contribution in [3.63, 3.8) is 0 Å². The van der Waals surface area contributed by atoms with Crippen LogP contribution in [0.2, 0.25) is 0 Å². The first kappa shape index (κ1) is 12.2. The van der Waals surface area contributed by atoms with Crippen LogP contribution in [0.5, 0.6) is 5.75 Å². The summed E-state index contributed by atoms with van der Waals surface area (Å²) in [5.74, 6) is 0.310. The van der Waals surface area contributed by atoms with Gasteiger partial charge in [0.2, 0.25) is 0 Å². The molecule has 1 aliphatic rings. The standard InChI is InChI=1S/C11H15N2O.BrH/c1-13(2)9-5-6-10(14)11-8(9)4-3-7-12-11;/h5-6,14H,3-4,7H2,1-2H3;1H. The molecule has 1 aromatic rings. The number of benzene rings is 1. The fourth-order valence-electron chi connectivity index (χ4n) is 1.90. The normalized spacial score (nSPS) is 13.5. The molecule has 83 valence electrons. The van der Waals surface area contributed by atoms with Gasteiger partial charge in [0.15, 0.2) is 0 Å². The van der Waals surface area contributed by atoms with E-state index in [0.29, 0.717) is 5.75 Å². The molecule has 1 radical (unpaired) electrons. The van der Waals surface area contributed by atoms with Crippen LogP contribution in [-0.4, -0.2) is 25.7 Å². The number of rotatable bonds is 1. The van der Waals surface area contributed by atoms with E-state index in [9.17, 15) is 5.11 Å². The van der Waals surface area contributed by atoms with Gasteiger partial charge in [-0.25, -0.2) is 0 Å². The maximum atomic E-state index is 9.65. The van der Waals surface area contributed by atoms with Crippen LogP contribution in [0, 0.1) is 0 Å². The van der Waals surface area contributed by atoms with Crippen molar-refractivity contribution in [2.75, 3.05) is 25.5 Å². The van der Waals surface area contributed by atoms with E-state index >= 15 is 0 Å². The zero-order valence-electron chi connectivity index (χ0n) is 9.03. The van der Waals surface area contributed by atoms with Crippen molar-refractivity contribution in [3.05, 3.63) is 17.7 Å². The summed E-state index contributed by atoms with van der Waals surface area (Å²) in [6.07, 6.45) is 2.10. The molecular formula is C11H16BrN2O. The quantitative estimate of drug-likeness (QED) is 0.851. The van der Waals surface area contributed by atoms with Crippen LogP contribution in [0.3, 0.4) is 0 Å². The monoisotopic (exact) mass is 271 g/mol. The van der Waals surface area contributed by atoms with E-state index in [0.717, 1.165) is 25.1 Å². The predicted molar refractivity (Wildman–Crippen MR) is 67.7 cm³/mol. The first-order valence-corrected chi connectivity index (χ1v) is 4.90. The van der Waals surface area contributed by atoms with Gasteiger partial charge in [0.05, 0.1) is 0 Å². The topological polar surface area (TPSA) is 37.6 Å². The van der Waals surface area contributed by atoms with Gasteiger partial charge in [0, 0.05) is 31.9 Å². The van der Waals surface area contributed by atoms with Crippen LogP contribution in [0.1, 0.15) is 12.0 Å². The predicted octanol–water partition coefficient (Wildman–Crippen LogP) is 2.22. The molecular weight excluding hydrogens is 256 g/mol. The second kappa shape index (κ2) is 4.75. The maximum Gasteiger partial charge on any atom is 0.141 e. The SMILES string of the molecule is Br.CN(C)c1ccc(O)c2c1CCC[N]2. The van der Waals surface area contributed by atoms with Gasteiger partial charge in [-0.15, -0.1) is 17.0 Å². The average Bonchev–Trinajstić information content (AvgIpc) is 2.18. The van der Waals surface area contributed by atoms with E-state index < -0.39 is 0 Å². The summed E-state index contributed by atoms with van der Waals surface area (Å²) in [6.45, 7) is 0.831. The molecule has 0 saturated heterocycles. The number of hydrogen-bond donors (Lipinski definition) is 1. The summed E-state index contributed by atoms with van der Waals surface area (Å²) in [5.41, 5.74) is 3.14. The Hall–Kier alpha value is -0.900. The molecule has 1 aliphatic heterocycles. The minimum Gasteiger partial charge on any atom is -0.506 e. The Morgan fingerprint density at radius 1 is 1.33 bits per heavy atom. The average molecular weight is 272 g/mol. The fourth-order valence-corrected chi connectivity index (χ4v) is 1.90. The molecule has 4 heteroatoms. The Morgan fingerprint density at radius 2 is 2.07 bits per heavy atom. The molecule has 0 fully saturated rings. The molecule has 0 bridgehead atoms. The van der Waals surface area contributed by atoms with Gasteiger partial charge in [-0.3, -0.25) is 5.32 Å². The summed E-state index contributed by atoms with van der Waals surface area (Å²) < 4.78 is 0. The van der Waals surface area contributed by atoms with Crippen LogP contribution >= 0.6 is 17.0 Å². The third kappa shape index (κ3) is 2.20. The summed E-state index contributed by atoms with van der Waals surface area (Å²) in [6, 6.07) is 3.68. The van der Waals surface area contributed by atoms with Gasteiger partial charge in [-0.2, -0.15) is 0 Å². The van der Waals surface area contributed by atoms with Crippen molar-refractivity contribution in [1.82, 2.24) is 5.32 Å². The third-order valence-corrected chi connectivity index (χ3v) is 2.57. The van der Waals surface area contributed by atoms with E-state index in [1.165, 1.54) is 11.3 Å². The lowest BCUT2D eigenvalue weighted by Crippen LogP contribution is -2.17. The zero-order chi connectivity index (χ0) is 10.1. The molecule has 15 heavy (non-hydrogen) atoms. The Morgan fingerprint density at radius 3 is 2.73 bits per heavy atom. The Bertz CT molecular complexity index is 353. The first-order chi connectivity index (χ1) is 6.70. The molecule has 0 atom stereocenters. The maximum absolute atomic E-state index is 9.65. The van der Waals surface area contributed by atoms with Crippen LogP contribution in [-0.2, 0) is 6.42 Å². The molecule has 0 saturated carbocycles. The molecule has 2 rings (SSSR count). The zero-order valence-corrected chi connectivity index (χ0v) is 10.7. The number of nitrogens with zero attached hydrogens (tertiary/aromatic N) is 2. The number of fused-ring (bicyclic) bond motifs is 1. The van der Waals surface area contributed by atoms with Crippen LogP contribution < -0.4 is 10.2 Å². The summed E-state index contributed by atoms with van der Waals surface area (Å²) in [4.78, 5) is 2.07. The van der Waals surface area contributed by atoms with Crippen LogP contribution in [0.4, 0.5) is 11.4 Å². The highest BCUT2D eigenvalue weighted by molar-refractivity contribution is 8.93. The molecule has 1 N–H and O–H groups in total. The molecule has 0 spiro atoms. The minimum absolute atomic E-state index is 0. The fraction of sp³-hybridized carbons (Fsp3) is 0.455. The van der Waals surface area contributed by atoms with Crippen molar-refractivity contribution in [3.8, 4) is 5.75 Å². The number of hydrogen-bond acceptors (Lipinski definition) is 2. The number of aromatic hydroxyl groups is 1. The lowest BCUT2D eigenvalue weighted by atomic mass is 10.0. The molecule has 3 nitrogen and oxygen atoms in total. The second-order valence-corrected chi connectivity index (χ2v) is 3.81. The van der Waals surface area contributed by atoms with Gasteiger partial charge in [-0.1, -0.05) is 0 Å². The van der Waals surface area contributed by atoms with E-state index in [1.54, 1.807) is 6.07 Å².